The topological polar surface area (TPSA) is 41.1 Å². The van der Waals surface area contributed by atoms with Gasteiger partial charge in [-0.1, -0.05) is 12.8 Å². The van der Waals surface area contributed by atoms with Gasteiger partial charge >= 0.3 is 0 Å². The van der Waals surface area contributed by atoms with Crippen LogP contribution in [0.5, 0.6) is 0 Å². The van der Waals surface area contributed by atoms with E-state index in [4.69, 9.17) is 9.97 Å². The van der Waals surface area contributed by atoms with E-state index in [1.807, 2.05) is 0 Å². The number of anilines is 1. The molecule has 4 rings (SSSR count). The number of piperazine rings is 1. The Bertz CT molecular complexity index is 723. The van der Waals surface area contributed by atoms with Crippen LogP contribution in [0.25, 0.3) is 11.4 Å². The second kappa shape index (κ2) is 7.48. The van der Waals surface area contributed by atoms with Crippen molar-refractivity contribution < 1.29 is 4.39 Å². The molecular formula is C20H25FN4. The van der Waals surface area contributed by atoms with Gasteiger partial charge in [0.1, 0.15) is 11.6 Å². The predicted octanol–water partition coefficient (Wildman–Crippen LogP) is 3.35. The van der Waals surface area contributed by atoms with Crippen molar-refractivity contribution >= 4 is 5.82 Å². The van der Waals surface area contributed by atoms with Crippen LogP contribution in [0, 0.1) is 5.82 Å². The molecule has 0 saturated carbocycles. The van der Waals surface area contributed by atoms with Gasteiger partial charge in [-0.2, -0.15) is 0 Å². The average molecular weight is 340 g/mol. The Labute approximate surface area is 148 Å². The number of nitrogens with one attached hydrogen (secondary N) is 1. The van der Waals surface area contributed by atoms with E-state index in [2.05, 4.69) is 10.2 Å². The van der Waals surface area contributed by atoms with Crippen molar-refractivity contribution in [3.05, 3.63) is 41.3 Å². The largest absolute Gasteiger partial charge is 0.354 e. The van der Waals surface area contributed by atoms with Gasteiger partial charge in [-0.3, -0.25) is 0 Å². The summed E-state index contributed by atoms with van der Waals surface area (Å²) in [5.74, 6) is 1.61. The van der Waals surface area contributed by atoms with E-state index < -0.39 is 0 Å². The minimum Gasteiger partial charge on any atom is -0.354 e. The molecule has 1 aromatic carbocycles. The highest BCUT2D eigenvalue weighted by Gasteiger charge is 2.22. The van der Waals surface area contributed by atoms with Crippen LogP contribution < -0.4 is 10.2 Å². The van der Waals surface area contributed by atoms with Crippen LogP contribution in [0.3, 0.4) is 0 Å². The normalized spacial score (nSPS) is 18.4. The quantitative estimate of drug-likeness (QED) is 0.910. The lowest BCUT2D eigenvalue weighted by Crippen LogP contribution is -2.44. The van der Waals surface area contributed by atoms with Crippen LogP contribution >= 0.6 is 0 Å². The van der Waals surface area contributed by atoms with Gasteiger partial charge in [0.2, 0.25) is 0 Å². The van der Waals surface area contributed by atoms with E-state index >= 15 is 0 Å². The van der Waals surface area contributed by atoms with E-state index in [1.54, 1.807) is 12.1 Å². The molecule has 5 heteroatoms. The van der Waals surface area contributed by atoms with Gasteiger partial charge in [-0.25, -0.2) is 14.4 Å². The third kappa shape index (κ3) is 3.66. The molecule has 0 unspecified atom stereocenters. The van der Waals surface area contributed by atoms with Gasteiger partial charge in [0.15, 0.2) is 5.82 Å². The van der Waals surface area contributed by atoms with Gasteiger partial charge in [-0.05, 0) is 49.9 Å². The first kappa shape index (κ1) is 16.5. The number of hydrogen-bond donors (Lipinski definition) is 1. The summed E-state index contributed by atoms with van der Waals surface area (Å²) in [6, 6.07) is 6.53. The Balaban J connectivity index is 1.79. The van der Waals surface area contributed by atoms with Crippen molar-refractivity contribution in [1.29, 1.82) is 0 Å². The van der Waals surface area contributed by atoms with Crippen LogP contribution in [-0.2, 0) is 12.8 Å². The second-order valence-corrected chi connectivity index (χ2v) is 6.95. The lowest BCUT2D eigenvalue weighted by Gasteiger charge is -2.31. The number of rotatable bonds is 2. The molecule has 25 heavy (non-hydrogen) atoms. The molecule has 1 saturated heterocycles. The second-order valence-electron chi connectivity index (χ2n) is 6.95. The van der Waals surface area contributed by atoms with Gasteiger partial charge < -0.3 is 10.2 Å². The summed E-state index contributed by atoms with van der Waals surface area (Å²) in [7, 11) is 0. The summed E-state index contributed by atoms with van der Waals surface area (Å²) in [6.07, 6.45) is 7.06. The third-order valence-electron chi connectivity index (χ3n) is 5.18. The van der Waals surface area contributed by atoms with Gasteiger partial charge in [0.05, 0.1) is 0 Å². The molecule has 1 aliphatic carbocycles. The van der Waals surface area contributed by atoms with E-state index in [1.165, 1.54) is 49.1 Å². The Hall–Kier alpha value is -2.01. The van der Waals surface area contributed by atoms with Crippen LogP contribution in [0.15, 0.2) is 24.3 Å². The molecule has 2 heterocycles. The molecule has 0 spiro atoms. The van der Waals surface area contributed by atoms with E-state index in [0.29, 0.717) is 0 Å². The highest BCUT2D eigenvalue weighted by Crippen LogP contribution is 2.30. The van der Waals surface area contributed by atoms with Crippen molar-refractivity contribution in [3.8, 4) is 11.4 Å². The van der Waals surface area contributed by atoms with Crippen LogP contribution in [-0.4, -0.2) is 36.1 Å². The SMILES string of the molecule is Fc1ccc(-c2nc3c(c(N4CCNCC4)n2)CCCCCC3)cc1. The molecule has 2 aromatic rings. The molecule has 0 bridgehead atoms. The number of aromatic nitrogens is 2. The fraction of sp³-hybridized carbons (Fsp3) is 0.500. The molecular weight excluding hydrogens is 315 g/mol. The zero-order chi connectivity index (χ0) is 17.1. The van der Waals surface area contributed by atoms with Crippen molar-refractivity contribution in [2.75, 3.05) is 31.1 Å². The average Bonchev–Trinajstić information content (AvgIpc) is 2.63. The summed E-state index contributed by atoms with van der Waals surface area (Å²) in [6.45, 7) is 3.94. The minimum absolute atomic E-state index is 0.225. The first-order chi connectivity index (χ1) is 12.3. The smallest absolute Gasteiger partial charge is 0.161 e. The number of hydrogen-bond acceptors (Lipinski definition) is 4. The van der Waals surface area contributed by atoms with Crippen molar-refractivity contribution in [1.82, 2.24) is 15.3 Å². The fourth-order valence-electron chi connectivity index (χ4n) is 3.79. The summed E-state index contributed by atoms with van der Waals surface area (Å²) in [4.78, 5) is 12.2. The Morgan fingerprint density at radius 2 is 1.60 bits per heavy atom. The maximum absolute atomic E-state index is 13.3. The molecule has 1 N–H and O–H groups in total. The predicted molar refractivity (Wildman–Crippen MR) is 98.4 cm³/mol. The molecule has 2 aliphatic rings. The van der Waals surface area contributed by atoms with E-state index in [0.717, 1.165) is 56.2 Å². The van der Waals surface area contributed by atoms with Crippen LogP contribution in [0.4, 0.5) is 10.2 Å². The number of benzene rings is 1. The van der Waals surface area contributed by atoms with E-state index in [9.17, 15) is 4.39 Å². The first-order valence-electron chi connectivity index (χ1n) is 9.43. The van der Waals surface area contributed by atoms with Gasteiger partial charge in [0, 0.05) is 43.0 Å². The lowest BCUT2D eigenvalue weighted by molar-refractivity contribution is 0.573. The van der Waals surface area contributed by atoms with Crippen LogP contribution in [0.2, 0.25) is 0 Å². The van der Waals surface area contributed by atoms with Crippen LogP contribution in [0.1, 0.15) is 36.9 Å². The van der Waals surface area contributed by atoms with Crippen molar-refractivity contribution in [3.63, 3.8) is 0 Å². The number of fused-ring (bicyclic) bond motifs is 1. The van der Waals surface area contributed by atoms with Gasteiger partial charge in [-0.15, -0.1) is 0 Å². The molecule has 1 fully saturated rings. The fourth-order valence-corrected chi connectivity index (χ4v) is 3.79. The molecule has 132 valence electrons. The Morgan fingerprint density at radius 1 is 0.880 bits per heavy atom. The molecule has 0 atom stereocenters. The Morgan fingerprint density at radius 3 is 2.36 bits per heavy atom. The number of aryl methyl sites for hydroxylation is 1. The first-order valence-corrected chi connectivity index (χ1v) is 9.43. The zero-order valence-corrected chi connectivity index (χ0v) is 14.6. The Kier molecular flexibility index (Phi) is 4.92. The standard InChI is InChI=1S/C20H25FN4/c21-16-9-7-15(8-10-16)19-23-18-6-4-2-1-3-5-17(18)20(24-19)25-13-11-22-12-14-25/h7-10,22H,1-6,11-14H2. The zero-order valence-electron chi connectivity index (χ0n) is 14.6. The number of nitrogens with zero attached hydrogens (tertiary/aromatic N) is 3. The van der Waals surface area contributed by atoms with E-state index in [-0.39, 0.29) is 5.82 Å². The summed E-state index contributed by atoms with van der Waals surface area (Å²) >= 11 is 0. The van der Waals surface area contributed by atoms with Crippen molar-refractivity contribution in [2.24, 2.45) is 0 Å². The molecule has 0 radical (unpaired) electrons. The summed E-state index contributed by atoms with van der Waals surface area (Å²) in [5.41, 5.74) is 3.43. The summed E-state index contributed by atoms with van der Waals surface area (Å²) < 4.78 is 13.3. The minimum atomic E-state index is -0.225. The number of halogens is 1. The summed E-state index contributed by atoms with van der Waals surface area (Å²) in [5, 5.41) is 3.41. The highest BCUT2D eigenvalue weighted by molar-refractivity contribution is 5.61. The van der Waals surface area contributed by atoms with Crippen molar-refractivity contribution in [2.45, 2.75) is 38.5 Å². The lowest BCUT2D eigenvalue weighted by atomic mass is 9.96. The monoisotopic (exact) mass is 340 g/mol. The highest BCUT2D eigenvalue weighted by atomic mass is 19.1. The molecule has 1 aromatic heterocycles. The maximum Gasteiger partial charge on any atom is 0.161 e. The molecule has 4 nitrogen and oxygen atoms in total. The third-order valence-corrected chi connectivity index (χ3v) is 5.18. The van der Waals surface area contributed by atoms with Gasteiger partial charge in [0.25, 0.3) is 0 Å². The molecule has 1 aliphatic heterocycles. The molecule has 0 amide bonds. The maximum atomic E-state index is 13.3.